The van der Waals surface area contributed by atoms with Gasteiger partial charge in [-0.1, -0.05) is 18.2 Å². The Hall–Kier alpha value is -1.86. The van der Waals surface area contributed by atoms with E-state index in [9.17, 15) is 4.79 Å². The predicted molar refractivity (Wildman–Crippen MR) is 109 cm³/mol. The molecule has 8 heteroatoms. The van der Waals surface area contributed by atoms with Crippen molar-refractivity contribution in [2.45, 2.75) is 25.6 Å². The highest BCUT2D eigenvalue weighted by molar-refractivity contribution is 5.85. The van der Waals surface area contributed by atoms with Crippen LogP contribution in [0, 0.1) is 0 Å². The monoisotopic (exact) mass is 413 g/mol. The van der Waals surface area contributed by atoms with Gasteiger partial charge >= 0.3 is 0 Å². The van der Waals surface area contributed by atoms with Crippen molar-refractivity contribution in [2.24, 2.45) is 0 Å². The molecule has 6 nitrogen and oxygen atoms in total. The van der Waals surface area contributed by atoms with Crippen LogP contribution < -0.4 is 15.4 Å². The van der Waals surface area contributed by atoms with Gasteiger partial charge in [-0.2, -0.15) is 0 Å². The van der Waals surface area contributed by atoms with Crippen molar-refractivity contribution in [3.8, 4) is 5.75 Å². The van der Waals surface area contributed by atoms with Gasteiger partial charge in [0.2, 0.25) is 5.91 Å². The second kappa shape index (κ2) is 12.5. The minimum atomic E-state index is 0. The van der Waals surface area contributed by atoms with E-state index < -0.39 is 0 Å². The van der Waals surface area contributed by atoms with Crippen LogP contribution in [-0.2, 0) is 22.7 Å². The summed E-state index contributed by atoms with van der Waals surface area (Å²) in [5.74, 6) is 0.808. The van der Waals surface area contributed by atoms with Gasteiger partial charge in [0, 0.05) is 31.7 Å². The Morgan fingerprint density at radius 1 is 1.22 bits per heavy atom. The molecule has 0 spiro atoms. The lowest BCUT2D eigenvalue weighted by molar-refractivity contribution is -0.122. The minimum absolute atomic E-state index is 0. The average molecular weight is 414 g/mol. The van der Waals surface area contributed by atoms with Gasteiger partial charge in [0.1, 0.15) is 12.4 Å². The first-order valence-corrected chi connectivity index (χ1v) is 8.49. The molecule has 2 N–H and O–H groups in total. The number of carbonyl (C=O) groups is 1. The number of hydrogen-bond acceptors (Lipinski definition) is 5. The molecule has 2 heterocycles. The highest BCUT2D eigenvalue weighted by atomic mass is 35.5. The Morgan fingerprint density at radius 3 is 2.70 bits per heavy atom. The van der Waals surface area contributed by atoms with Crippen molar-refractivity contribution in [2.75, 3.05) is 19.8 Å². The molecule has 1 amide bonds. The van der Waals surface area contributed by atoms with Gasteiger partial charge in [-0.25, -0.2) is 0 Å². The highest BCUT2D eigenvalue weighted by Gasteiger charge is 2.16. The van der Waals surface area contributed by atoms with Gasteiger partial charge in [-0.15, -0.1) is 24.8 Å². The molecule has 27 heavy (non-hydrogen) atoms. The van der Waals surface area contributed by atoms with Crippen LogP contribution in [0.15, 0.2) is 48.7 Å². The van der Waals surface area contributed by atoms with E-state index in [2.05, 4.69) is 15.6 Å². The SMILES string of the molecule is Cl.Cl.O=C(CC1COCCN1)NCc1ccc(OCc2ccccn2)cc1. The molecule has 1 aliphatic rings. The van der Waals surface area contributed by atoms with E-state index in [1.807, 2.05) is 42.5 Å². The van der Waals surface area contributed by atoms with E-state index in [1.54, 1.807) is 6.20 Å². The lowest BCUT2D eigenvalue weighted by Crippen LogP contribution is -2.44. The van der Waals surface area contributed by atoms with Crippen LogP contribution in [0.3, 0.4) is 0 Å². The maximum atomic E-state index is 12.0. The van der Waals surface area contributed by atoms with Gasteiger partial charge in [-0.05, 0) is 29.8 Å². The van der Waals surface area contributed by atoms with Gasteiger partial charge in [0.25, 0.3) is 0 Å². The fourth-order valence-corrected chi connectivity index (χ4v) is 2.59. The number of amides is 1. The van der Waals surface area contributed by atoms with Gasteiger partial charge in [0.15, 0.2) is 0 Å². The van der Waals surface area contributed by atoms with Crippen LogP contribution in [-0.4, -0.2) is 36.7 Å². The molecule has 1 saturated heterocycles. The quantitative estimate of drug-likeness (QED) is 0.729. The molecule has 0 bridgehead atoms. The molecular weight excluding hydrogens is 389 g/mol. The first-order chi connectivity index (χ1) is 12.3. The summed E-state index contributed by atoms with van der Waals surface area (Å²) in [6.45, 7) is 3.06. The van der Waals surface area contributed by atoms with Crippen LogP contribution in [0.5, 0.6) is 5.75 Å². The van der Waals surface area contributed by atoms with Crippen LogP contribution in [0.1, 0.15) is 17.7 Å². The lowest BCUT2D eigenvalue weighted by atomic mass is 10.1. The molecule has 0 radical (unpaired) electrons. The van der Waals surface area contributed by atoms with E-state index >= 15 is 0 Å². The molecule has 1 aliphatic heterocycles. The maximum Gasteiger partial charge on any atom is 0.221 e. The van der Waals surface area contributed by atoms with E-state index in [0.29, 0.717) is 32.8 Å². The number of carbonyl (C=O) groups excluding carboxylic acids is 1. The minimum Gasteiger partial charge on any atom is -0.487 e. The summed E-state index contributed by atoms with van der Waals surface area (Å²) in [6, 6.07) is 13.6. The maximum absolute atomic E-state index is 12.0. The standard InChI is InChI=1S/C19H23N3O3.2ClH/c23-19(11-17-13-24-10-9-21-17)22-12-15-4-6-18(7-5-15)25-14-16-3-1-2-8-20-16;;/h1-8,17,21H,9-14H2,(H,22,23);2*1H. The molecule has 2 aromatic rings. The van der Waals surface area contributed by atoms with E-state index in [4.69, 9.17) is 9.47 Å². The predicted octanol–water partition coefficient (Wildman–Crippen LogP) is 2.50. The molecule has 1 aromatic heterocycles. The van der Waals surface area contributed by atoms with Gasteiger partial charge < -0.3 is 20.1 Å². The van der Waals surface area contributed by atoms with Crippen molar-refractivity contribution >= 4 is 30.7 Å². The zero-order valence-electron chi connectivity index (χ0n) is 14.9. The molecule has 1 aromatic carbocycles. The Bertz CT molecular complexity index is 666. The first kappa shape index (κ1) is 23.2. The molecule has 1 fully saturated rings. The van der Waals surface area contributed by atoms with Crippen molar-refractivity contribution < 1.29 is 14.3 Å². The smallest absolute Gasteiger partial charge is 0.221 e. The molecular formula is C19H25Cl2N3O3. The number of morpholine rings is 1. The summed E-state index contributed by atoms with van der Waals surface area (Å²) in [5.41, 5.74) is 1.92. The summed E-state index contributed by atoms with van der Waals surface area (Å²) >= 11 is 0. The number of rotatable bonds is 7. The summed E-state index contributed by atoms with van der Waals surface area (Å²) in [4.78, 5) is 16.2. The highest BCUT2D eigenvalue weighted by Crippen LogP contribution is 2.13. The Morgan fingerprint density at radius 2 is 2.04 bits per heavy atom. The average Bonchev–Trinajstić information content (AvgIpc) is 2.67. The number of benzene rings is 1. The third-order valence-electron chi connectivity index (χ3n) is 3.96. The van der Waals surface area contributed by atoms with Crippen LogP contribution in [0.25, 0.3) is 0 Å². The van der Waals surface area contributed by atoms with Crippen LogP contribution in [0.2, 0.25) is 0 Å². The lowest BCUT2D eigenvalue weighted by Gasteiger charge is -2.23. The number of hydrogen-bond donors (Lipinski definition) is 2. The van der Waals surface area contributed by atoms with Crippen molar-refractivity contribution in [3.05, 3.63) is 59.9 Å². The molecule has 148 valence electrons. The summed E-state index contributed by atoms with van der Waals surface area (Å²) < 4.78 is 11.1. The second-order valence-electron chi connectivity index (χ2n) is 5.96. The molecule has 1 atom stereocenters. The third-order valence-corrected chi connectivity index (χ3v) is 3.96. The normalized spacial score (nSPS) is 15.8. The fraction of sp³-hybridized carbons (Fsp3) is 0.368. The number of aromatic nitrogens is 1. The number of nitrogens with one attached hydrogen (secondary N) is 2. The van der Waals surface area contributed by atoms with E-state index in [-0.39, 0.29) is 36.8 Å². The third kappa shape index (κ3) is 8.13. The first-order valence-electron chi connectivity index (χ1n) is 8.49. The van der Waals surface area contributed by atoms with Crippen LogP contribution in [0.4, 0.5) is 0 Å². The summed E-state index contributed by atoms with van der Waals surface area (Å²) in [6.07, 6.45) is 2.19. The van der Waals surface area contributed by atoms with E-state index in [0.717, 1.165) is 23.6 Å². The molecule has 3 rings (SSSR count). The van der Waals surface area contributed by atoms with Gasteiger partial charge in [0.05, 0.1) is 18.9 Å². The molecule has 1 unspecified atom stereocenters. The molecule has 0 aliphatic carbocycles. The Kier molecular flexibility index (Phi) is 10.7. The number of pyridine rings is 1. The zero-order valence-corrected chi connectivity index (χ0v) is 16.6. The zero-order chi connectivity index (χ0) is 17.3. The molecule has 0 saturated carbocycles. The fourth-order valence-electron chi connectivity index (χ4n) is 2.59. The van der Waals surface area contributed by atoms with Crippen molar-refractivity contribution in [1.29, 1.82) is 0 Å². The van der Waals surface area contributed by atoms with Crippen molar-refractivity contribution in [1.82, 2.24) is 15.6 Å². The summed E-state index contributed by atoms with van der Waals surface area (Å²) in [7, 11) is 0. The number of nitrogens with zero attached hydrogens (tertiary/aromatic N) is 1. The van der Waals surface area contributed by atoms with Gasteiger partial charge in [-0.3, -0.25) is 9.78 Å². The Labute approximate surface area is 171 Å². The largest absolute Gasteiger partial charge is 0.487 e. The summed E-state index contributed by atoms with van der Waals surface area (Å²) in [5, 5.41) is 6.21. The number of ether oxygens (including phenoxy) is 2. The van der Waals surface area contributed by atoms with E-state index in [1.165, 1.54) is 0 Å². The Balaban J connectivity index is 0.00000182. The van der Waals surface area contributed by atoms with Crippen LogP contribution >= 0.6 is 24.8 Å². The number of halogens is 2. The second-order valence-corrected chi connectivity index (χ2v) is 5.96. The topological polar surface area (TPSA) is 72.5 Å². The van der Waals surface area contributed by atoms with Crippen molar-refractivity contribution in [3.63, 3.8) is 0 Å².